The summed E-state index contributed by atoms with van der Waals surface area (Å²) in [6.07, 6.45) is 8.50. The molecule has 1 saturated carbocycles. The van der Waals surface area contributed by atoms with Crippen molar-refractivity contribution in [3.63, 3.8) is 0 Å². The summed E-state index contributed by atoms with van der Waals surface area (Å²) in [5.74, 6) is 1.49. The maximum absolute atomic E-state index is 5.91. The van der Waals surface area contributed by atoms with Crippen molar-refractivity contribution in [2.24, 2.45) is 5.92 Å². The predicted octanol–water partition coefficient (Wildman–Crippen LogP) is 3.52. The second-order valence-corrected chi connectivity index (χ2v) is 5.88. The minimum atomic E-state index is 0.714. The Hall–Kier alpha value is -0.610. The van der Waals surface area contributed by atoms with E-state index < -0.39 is 0 Å². The van der Waals surface area contributed by atoms with Crippen molar-refractivity contribution < 1.29 is 4.74 Å². The Morgan fingerprint density at radius 1 is 1.39 bits per heavy atom. The molecule has 100 valence electrons. The van der Waals surface area contributed by atoms with Crippen LogP contribution in [0, 0.1) is 5.92 Å². The molecule has 0 saturated heterocycles. The molecule has 0 spiro atoms. The lowest BCUT2D eigenvalue weighted by molar-refractivity contribution is 0.201. The van der Waals surface area contributed by atoms with Gasteiger partial charge in [0, 0.05) is 22.8 Å². The summed E-state index contributed by atoms with van der Waals surface area (Å²) in [6, 6.07) is 2.07. The molecule has 0 amide bonds. The SMILES string of the molecule is CNCc1cc(Br)cnc1OCC1CCCCC1. The van der Waals surface area contributed by atoms with E-state index in [1.165, 1.54) is 32.1 Å². The number of ether oxygens (including phenoxy) is 1. The van der Waals surface area contributed by atoms with Gasteiger partial charge in [0.25, 0.3) is 0 Å². The third kappa shape index (κ3) is 3.95. The van der Waals surface area contributed by atoms with Gasteiger partial charge >= 0.3 is 0 Å². The Morgan fingerprint density at radius 2 is 2.17 bits per heavy atom. The minimum absolute atomic E-state index is 0.714. The molecular weight excluding hydrogens is 292 g/mol. The van der Waals surface area contributed by atoms with Gasteiger partial charge < -0.3 is 10.1 Å². The summed E-state index contributed by atoms with van der Waals surface area (Å²) in [5, 5.41) is 3.15. The fourth-order valence-electron chi connectivity index (χ4n) is 2.47. The van der Waals surface area contributed by atoms with Crippen molar-refractivity contribution in [2.75, 3.05) is 13.7 Å². The Labute approximate surface area is 117 Å². The molecule has 1 aliphatic rings. The number of pyridine rings is 1. The van der Waals surface area contributed by atoms with Gasteiger partial charge in [0.15, 0.2) is 0 Å². The molecule has 0 aromatic carbocycles. The molecule has 0 atom stereocenters. The highest BCUT2D eigenvalue weighted by atomic mass is 79.9. The number of hydrogen-bond donors (Lipinski definition) is 1. The molecule has 3 nitrogen and oxygen atoms in total. The molecule has 0 unspecified atom stereocenters. The van der Waals surface area contributed by atoms with Crippen LogP contribution in [0.1, 0.15) is 37.7 Å². The third-order valence-electron chi connectivity index (χ3n) is 3.44. The molecule has 1 aromatic heterocycles. The lowest BCUT2D eigenvalue weighted by atomic mass is 9.90. The second kappa shape index (κ2) is 7.10. The number of hydrogen-bond acceptors (Lipinski definition) is 3. The molecule has 1 aliphatic carbocycles. The van der Waals surface area contributed by atoms with Gasteiger partial charge in [-0.25, -0.2) is 4.98 Å². The molecular formula is C14H21BrN2O. The fourth-order valence-corrected chi connectivity index (χ4v) is 2.85. The zero-order chi connectivity index (χ0) is 12.8. The number of nitrogens with one attached hydrogen (secondary N) is 1. The van der Waals surface area contributed by atoms with Crippen molar-refractivity contribution in [1.82, 2.24) is 10.3 Å². The van der Waals surface area contributed by atoms with Crippen molar-refractivity contribution in [2.45, 2.75) is 38.6 Å². The van der Waals surface area contributed by atoms with Gasteiger partial charge in [0.05, 0.1) is 6.61 Å². The first-order valence-electron chi connectivity index (χ1n) is 6.71. The van der Waals surface area contributed by atoms with Crippen LogP contribution in [0.25, 0.3) is 0 Å². The Bertz CT molecular complexity index is 378. The van der Waals surface area contributed by atoms with Crippen LogP contribution >= 0.6 is 15.9 Å². The van der Waals surface area contributed by atoms with E-state index in [-0.39, 0.29) is 0 Å². The molecule has 18 heavy (non-hydrogen) atoms. The Balaban J connectivity index is 1.94. The van der Waals surface area contributed by atoms with Crippen LogP contribution in [-0.4, -0.2) is 18.6 Å². The highest BCUT2D eigenvalue weighted by molar-refractivity contribution is 9.10. The van der Waals surface area contributed by atoms with Crippen molar-refractivity contribution in [3.8, 4) is 5.88 Å². The highest BCUT2D eigenvalue weighted by Gasteiger charge is 2.15. The van der Waals surface area contributed by atoms with Gasteiger partial charge in [-0.2, -0.15) is 0 Å². The van der Waals surface area contributed by atoms with Gasteiger partial charge in [0.1, 0.15) is 0 Å². The highest BCUT2D eigenvalue weighted by Crippen LogP contribution is 2.26. The second-order valence-electron chi connectivity index (χ2n) is 4.96. The van der Waals surface area contributed by atoms with Crippen LogP contribution in [0.15, 0.2) is 16.7 Å². The maximum Gasteiger partial charge on any atom is 0.217 e. The molecule has 1 aromatic rings. The lowest BCUT2D eigenvalue weighted by Gasteiger charge is -2.22. The van der Waals surface area contributed by atoms with E-state index in [1.807, 2.05) is 7.05 Å². The van der Waals surface area contributed by atoms with Crippen LogP contribution in [0.5, 0.6) is 5.88 Å². The summed E-state index contributed by atoms with van der Waals surface area (Å²) in [6.45, 7) is 1.60. The summed E-state index contributed by atoms with van der Waals surface area (Å²) in [4.78, 5) is 4.37. The van der Waals surface area contributed by atoms with E-state index in [4.69, 9.17) is 4.74 Å². The van der Waals surface area contributed by atoms with Crippen LogP contribution in [0.4, 0.5) is 0 Å². The van der Waals surface area contributed by atoms with Crippen LogP contribution in [-0.2, 0) is 6.54 Å². The van der Waals surface area contributed by atoms with Crippen LogP contribution < -0.4 is 10.1 Å². The zero-order valence-corrected chi connectivity index (χ0v) is 12.5. The van der Waals surface area contributed by atoms with Crippen LogP contribution in [0.2, 0.25) is 0 Å². The molecule has 0 aliphatic heterocycles. The fraction of sp³-hybridized carbons (Fsp3) is 0.643. The minimum Gasteiger partial charge on any atom is -0.477 e. The first-order chi connectivity index (χ1) is 8.79. The summed E-state index contributed by atoms with van der Waals surface area (Å²) in [7, 11) is 1.94. The van der Waals surface area contributed by atoms with Crippen molar-refractivity contribution in [3.05, 3.63) is 22.3 Å². The lowest BCUT2D eigenvalue weighted by Crippen LogP contribution is -2.17. The van der Waals surface area contributed by atoms with Crippen LogP contribution in [0.3, 0.4) is 0 Å². The first kappa shape index (κ1) is 13.8. The normalized spacial score (nSPS) is 16.8. The molecule has 0 radical (unpaired) electrons. The van der Waals surface area contributed by atoms with E-state index in [0.717, 1.165) is 29.1 Å². The van der Waals surface area contributed by atoms with E-state index in [9.17, 15) is 0 Å². The van der Waals surface area contributed by atoms with E-state index >= 15 is 0 Å². The molecule has 0 bridgehead atoms. The number of nitrogens with zero attached hydrogens (tertiary/aromatic N) is 1. The standard InChI is InChI=1S/C14H21BrN2O/c1-16-8-12-7-13(15)9-17-14(12)18-10-11-5-3-2-4-6-11/h7,9,11,16H,2-6,8,10H2,1H3. The van der Waals surface area contributed by atoms with E-state index in [2.05, 4.69) is 32.3 Å². The van der Waals surface area contributed by atoms with E-state index in [1.54, 1.807) is 6.20 Å². The molecule has 1 heterocycles. The quantitative estimate of drug-likeness (QED) is 0.903. The third-order valence-corrected chi connectivity index (χ3v) is 3.87. The first-order valence-corrected chi connectivity index (χ1v) is 7.50. The van der Waals surface area contributed by atoms with Crippen molar-refractivity contribution >= 4 is 15.9 Å². The average Bonchev–Trinajstić information content (AvgIpc) is 2.39. The monoisotopic (exact) mass is 312 g/mol. The van der Waals surface area contributed by atoms with Gasteiger partial charge in [0.2, 0.25) is 5.88 Å². The molecule has 2 rings (SSSR count). The summed E-state index contributed by atoms with van der Waals surface area (Å²) < 4.78 is 6.91. The topological polar surface area (TPSA) is 34.2 Å². The Morgan fingerprint density at radius 3 is 2.89 bits per heavy atom. The number of halogens is 1. The maximum atomic E-state index is 5.91. The smallest absolute Gasteiger partial charge is 0.217 e. The van der Waals surface area contributed by atoms with Gasteiger partial charge in [-0.05, 0) is 47.8 Å². The summed E-state index contributed by atoms with van der Waals surface area (Å²) >= 11 is 3.45. The van der Waals surface area contributed by atoms with Gasteiger partial charge in [-0.1, -0.05) is 19.3 Å². The number of aromatic nitrogens is 1. The Kier molecular flexibility index (Phi) is 5.45. The number of rotatable bonds is 5. The molecule has 1 fully saturated rings. The van der Waals surface area contributed by atoms with Crippen molar-refractivity contribution in [1.29, 1.82) is 0 Å². The van der Waals surface area contributed by atoms with E-state index in [0.29, 0.717) is 5.92 Å². The zero-order valence-electron chi connectivity index (χ0n) is 10.9. The largest absolute Gasteiger partial charge is 0.477 e. The predicted molar refractivity (Wildman–Crippen MR) is 76.8 cm³/mol. The van der Waals surface area contributed by atoms with Gasteiger partial charge in [-0.15, -0.1) is 0 Å². The summed E-state index contributed by atoms with van der Waals surface area (Å²) in [5.41, 5.74) is 1.11. The molecule has 4 heteroatoms. The molecule has 1 N–H and O–H groups in total. The average molecular weight is 313 g/mol. The van der Waals surface area contributed by atoms with Gasteiger partial charge in [-0.3, -0.25) is 0 Å².